The Morgan fingerprint density at radius 2 is 1.84 bits per heavy atom. The Kier molecular flexibility index (Phi) is 6.49. The van der Waals surface area contributed by atoms with E-state index in [1.54, 1.807) is 11.8 Å². The average Bonchev–Trinajstić information content (AvgIpc) is 3.63. The first-order chi connectivity index (χ1) is 18.4. The molecule has 13 heteroatoms. The van der Waals surface area contributed by atoms with E-state index in [0.717, 1.165) is 41.4 Å². The van der Waals surface area contributed by atoms with E-state index in [0.29, 0.717) is 55.6 Å². The minimum absolute atomic E-state index is 0.0636. The molecule has 0 saturated carbocycles. The molecule has 2 aromatic rings. The highest BCUT2D eigenvalue weighted by molar-refractivity contribution is 7.83. The van der Waals surface area contributed by atoms with E-state index in [1.807, 2.05) is 6.19 Å². The topological polar surface area (TPSA) is 125 Å². The zero-order valence-electron chi connectivity index (χ0n) is 21.4. The molecule has 11 nitrogen and oxygen atoms in total. The van der Waals surface area contributed by atoms with Gasteiger partial charge in [0.2, 0.25) is 5.88 Å². The Bertz CT molecular complexity index is 1330. The molecule has 1 aromatic heterocycles. The number of aromatic nitrogens is 2. The quantitative estimate of drug-likeness (QED) is 0.420. The maximum Gasteiger partial charge on any atom is 0.333 e. The van der Waals surface area contributed by atoms with Crippen LogP contribution < -0.4 is 15.4 Å². The number of nitrogens with one attached hydrogen (secondary N) is 2. The van der Waals surface area contributed by atoms with E-state index in [9.17, 15) is 14.3 Å². The number of urea groups is 1. The second kappa shape index (κ2) is 9.83. The van der Waals surface area contributed by atoms with Crippen molar-refractivity contribution in [2.24, 2.45) is 0 Å². The number of carbonyl (C=O) groups excluding carboxylic acids is 1. The van der Waals surface area contributed by atoms with E-state index < -0.39 is 17.0 Å². The Morgan fingerprint density at radius 1 is 1.18 bits per heavy atom. The Morgan fingerprint density at radius 3 is 2.47 bits per heavy atom. The van der Waals surface area contributed by atoms with Gasteiger partial charge in [0.25, 0.3) is 0 Å². The fourth-order valence-electron chi connectivity index (χ4n) is 5.99. The lowest BCUT2D eigenvalue weighted by molar-refractivity contribution is -0.0686. The number of benzene rings is 1. The van der Waals surface area contributed by atoms with Gasteiger partial charge >= 0.3 is 6.03 Å². The number of likely N-dealkylation sites (tertiary alicyclic amines) is 1. The largest absolute Gasteiger partial charge is 0.475 e. The summed E-state index contributed by atoms with van der Waals surface area (Å²) >= 11 is 0. The molecule has 6 rings (SSSR count). The van der Waals surface area contributed by atoms with Crippen LogP contribution in [0.3, 0.4) is 0 Å². The summed E-state index contributed by atoms with van der Waals surface area (Å²) in [5, 5.41) is 19.1. The first-order valence-corrected chi connectivity index (χ1v) is 14.0. The van der Waals surface area contributed by atoms with Gasteiger partial charge in [-0.05, 0) is 60.8 Å². The van der Waals surface area contributed by atoms with Gasteiger partial charge in [-0.1, -0.05) is 0 Å². The van der Waals surface area contributed by atoms with Crippen molar-refractivity contribution in [1.82, 2.24) is 19.0 Å². The summed E-state index contributed by atoms with van der Waals surface area (Å²) in [6.45, 7) is 2.45. The van der Waals surface area contributed by atoms with Crippen LogP contribution in [0.1, 0.15) is 35.1 Å². The lowest BCUT2D eigenvalue weighted by Crippen LogP contribution is -2.59. The van der Waals surface area contributed by atoms with Crippen molar-refractivity contribution in [2.45, 2.75) is 62.1 Å². The number of halogens is 1. The number of hydrogen-bond donors (Lipinski definition) is 2. The number of hydrogen-bond acceptors (Lipinski definition) is 8. The lowest BCUT2D eigenvalue weighted by atomic mass is 9.98. The minimum atomic E-state index is -2.03. The molecule has 2 amide bonds. The van der Waals surface area contributed by atoms with Gasteiger partial charge in [-0.15, -0.1) is 5.10 Å². The third-order valence-electron chi connectivity index (χ3n) is 8.07. The smallest absolute Gasteiger partial charge is 0.333 e. The first-order valence-electron chi connectivity index (χ1n) is 12.9. The summed E-state index contributed by atoms with van der Waals surface area (Å²) in [5.41, 5.74) is 3.74. The van der Waals surface area contributed by atoms with Crippen molar-refractivity contribution in [2.75, 3.05) is 44.5 Å². The Hall–Kier alpha value is -3.21. The maximum absolute atomic E-state index is 15.0. The highest BCUT2D eigenvalue weighted by Gasteiger charge is 2.39. The first kappa shape index (κ1) is 25.1. The van der Waals surface area contributed by atoms with Gasteiger partial charge in [-0.2, -0.15) is 5.26 Å². The second-order valence-electron chi connectivity index (χ2n) is 10.2. The number of nitrogens with zero attached hydrogens (tertiary/aromatic N) is 5. The van der Waals surface area contributed by atoms with Crippen LogP contribution in [0.15, 0.2) is 4.90 Å². The van der Waals surface area contributed by atoms with E-state index >= 15 is 4.39 Å². The summed E-state index contributed by atoms with van der Waals surface area (Å²) < 4.78 is 42.8. The van der Waals surface area contributed by atoms with Gasteiger partial charge in [-0.25, -0.2) is 22.4 Å². The zero-order chi connectivity index (χ0) is 26.6. The van der Waals surface area contributed by atoms with Gasteiger partial charge in [0.15, 0.2) is 27.9 Å². The van der Waals surface area contributed by atoms with E-state index in [2.05, 4.69) is 20.6 Å². The van der Waals surface area contributed by atoms with Crippen LogP contribution in [0.2, 0.25) is 0 Å². The van der Waals surface area contributed by atoms with Crippen LogP contribution in [-0.2, 0) is 48.0 Å². The molecule has 0 bridgehead atoms. The molecule has 0 spiro atoms. The van der Waals surface area contributed by atoms with Crippen molar-refractivity contribution in [1.29, 1.82) is 5.26 Å². The zero-order valence-corrected chi connectivity index (χ0v) is 22.2. The van der Waals surface area contributed by atoms with Crippen molar-refractivity contribution in [3.05, 3.63) is 28.1 Å². The molecule has 1 unspecified atom stereocenters. The molecule has 2 aliphatic heterocycles. The number of amides is 2. The lowest BCUT2D eigenvalue weighted by Gasteiger charge is -2.44. The van der Waals surface area contributed by atoms with E-state index in [4.69, 9.17) is 9.47 Å². The van der Waals surface area contributed by atoms with Gasteiger partial charge in [0, 0.05) is 32.9 Å². The molecule has 202 valence electrons. The molecule has 4 aliphatic rings. The molecule has 2 aliphatic carbocycles. The summed E-state index contributed by atoms with van der Waals surface area (Å²) in [4.78, 5) is 15.7. The van der Waals surface area contributed by atoms with Crippen molar-refractivity contribution in [3.8, 4) is 12.1 Å². The number of anilines is 2. The predicted octanol–water partition coefficient (Wildman–Crippen LogP) is 2.17. The van der Waals surface area contributed by atoms with Crippen molar-refractivity contribution >= 4 is 28.5 Å². The summed E-state index contributed by atoms with van der Waals surface area (Å²) in [7, 11) is 1.08. The fraction of sp³-hybridized carbons (Fsp3) is 0.560. The molecular weight excluding hydrogens is 513 g/mol. The van der Waals surface area contributed by atoms with Gasteiger partial charge in [0.1, 0.15) is 12.4 Å². The summed E-state index contributed by atoms with van der Waals surface area (Å²) in [6.07, 6.45) is 6.43. The summed E-state index contributed by atoms with van der Waals surface area (Å²) in [5.74, 6) is 0.234. The second-order valence-corrected chi connectivity index (χ2v) is 11.6. The number of rotatable bonds is 6. The van der Waals surface area contributed by atoms with Crippen molar-refractivity contribution < 1.29 is 22.9 Å². The molecule has 2 N–H and O–H groups in total. The average molecular weight is 544 g/mol. The monoisotopic (exact) mass is 543 g/mol. The Labute approximate surface area is 222 Å². The normalized spacial score (nSPS) is 20.9. The third kappa shape index (κ3) is 4.02. The van der Waals surface area contributed by atoms with Crippen molar-refractivity contribution in [3.63, 3.8) is 0 Å². The van der Waals surface area contributed by atoms with Crippen LogP contribution in [0.4, 0.5) is 20.7 Å². The minimum Gasteiger partial charge on any atom is -0.475 e. The van der Waals surface area contributed by atoms with E-state index in [-0.39, 0.29) is 34.6 Å². The number of methoxy groups -OCH3 is 1. The standard InChI is InChI=1S/C25H30FN7O4S/c1-31(25(34)29-21-18-7-3-5-16(18)20(26)17-6-4-8-19(17)21)38(35)22-23(28-13-27)30-33-9-14(12-37-24(22)33)32-10-15(11-32)36-2/h14-15H,3-12H2,1-2H3,(H,28,30)(H,29,34)/t14-,38?/m0/s1. The molecule has 38 heavy (non-hydrogen) atoms. The van der Waals surface area contributed by atoms with E-state index in [1.165, 1.54) is 7.05 Å². The number of nitriles is 1. The predicted molar refractivity (Wildman–Crippen MR) is 137 cm³/mol. The van der Waals surface area contributed by atoms with Crippen LogP contribution in [-0.4, -0.2) is 75.2 Å². The highest BCUT2D eigenvalue weighted by atomic mass is 32.2. The fourth-order valence-corrected chi connectivity index (χ4v) is 7.03. The van der Waals surface area contributed by atoms with Gasteiger partial charge in [-0.3, -0.25) is 10.2 Å². The van der Waals surface area contributed by atoms with Gasteiger partial charge in [0.05, 0.1) is 18.7 Å². The summed E-state index contributed by atoms with van der Waals surface area (Å²) in [6, 6.07) is -0.519. The molecule has 1 fully saturated rings. The SMILES string of the molecule is COC1CN([C@@H]2COc3c(S(=O)N(C)C(=O)Nc4c5c(c(F)c6c4CCC6)CCC5)c(NC#N)nn3C2)C1. The van der Waals surface area contributed by atoms with Crippen LogP contribution in [0, 0.1) is 17.3 Å². The molecule has 0 radical (unpaired) electrons. The number of fused-ring (bicyclic) bond motifs is 3. The van der Waals surface area contributed by atoms with Crippen LogP contribution in [0.25, 0.3) is 0 Å². The van der Waals surface area contributed by atoms with Crippen LogP contribution >= 0.6 is 0 Å². The van der Waals surface area contributed by atoms with Crippen LogP contribution in [0.5, 0.6) is 5.88 Å². The molecule has 1 aromatic carbocycles. The van der Waals surface area contributed by atoms with Gasteiger partial charge < -0.3 is 14.8 Å². The highest BCUT2D eigenvalue weighted by Crippen LogP contribution is 2.41. The number of ether oxygens (including phenoxy) is 2. The molecule has 2 atom stereocenters. The molecular formula is C25H30FN7O4S. The Balaban J connectivity index is 1.24. The molecule has 1 saturated heterocycles. The molecule has 3 heterocycles. The maximum atomic E-state index is 15.0. The third-order valence-corrected chi connectivity index (χ3v) is 9.45. The number of carbonyl (C=O) groups is 1.